The highest BCUT2D eigenvalue weighted by Gasteiger charge is 2.31. The number of aliphatic carboxylic acids is 1. The third-order valence-corrected chi connectivity index (χ3v) is 7.13. The van der Waals surface area contributed by atoms with Gasteiger partial charge in [-0.05, 0) is 65.0 Å². The summed E-state index contributed by atoms with van der Waals surface area (Å²) < 4.78 is 12.8. The third-order valence-electron chi connectivity index (χ3n) is 5.16. The van der Waals surface area contributed by atoms with Gasteiger partial charge in [-0.15, -0.1) is 0 Å². The van der Waals surface area contributed by atoms with Crippen molar-refractivity contribution in [1.82, 2.24) is 4.90 Å². The van der Waals surface area contributed by atoms with Gasteiger partial charge in [0.2, 0.25) is 0 Å². The number of halogens is 1. The van der Waals surface area contributed by atoms with Crippen LogP contribution in [-0.4, -0.2) is 39.9 Å². The van der Waals surface area contributed by atoms with Crippen LogP contribution in [0.4, 0.5) is 0 Å². The molecule has 0 aromatic heterocycles. The van der Waals surface area contributed by atoms with Gasteiger partial charge in [-0.1, -0.05) is 60.2 Å². The number of nitrogens with zero attached hydrogens (tertiary/aromatic N) is 1. The number of rotatable bonds is 11. The van der Waals surface area contributed by atoms with Crippen molar-refractivity contribution in [2.24, 2.45) is 0 Å². The van der Waals surface area contributed by atoms with Gasteiger partial charge in [-0.3, -0.25) is 14.5 Å². The summed E-state index contributed by atoms with van der Waals surface area (Å²) in [5.41, 5.74) is 3.01. The summed E-state index contributed by atoms with van der Waals surface area (Å²) in [6, 6.07) is 11.8. The molecule has 1 amide bonds. The molecule has 34 heavy (non-hydrogen) atoms. The molecule has 0 atom stereocenters. The number of benzene rings is 2. The highest BCUT2D eigenvalue weighted by molar-refractivity contribution is 9.10. The first-order chi connectivity index (χ1) is 16.3. The lowest BCUT2D eigenvalue weighted by atomic mass is 10.1. The zero-order chi connectivity index (χ0) is 24.7. The van der Waals surface area contributed by atoms with Crippen molar-refractivity contribution in [2.45, 2.75) is 39.2 Å². The van der Waals surface area contributed by atoms with E-state index >= 15 is 0 Å². The van der Waals surface area contributed by atoms with Crippen LogP contribution in [-0.2, 0) is 16.2 Å². The van der Waals surface area contributed by atoms with Crippen LogP contribution < -0.4 is 9.47 Å². The summed E-state index contributed by atoms with van der Waals surface area (Å²) in [4.78, 5) is 25.6. The summed E-state index contributed by atoms with van der Waals surface area (Å²) in [5, 5.41) is 8.73. The predicted molar refractivity (Wildman–Crippen MR) is 142 cm³/mol. The number of carbonyl (C=O) groups is 2. The van der Waals surface area contributed by atoms with Gasteiger partial charge in [-0.2, -0.15) is 0 Å². The third kappa shape index (κ3) is 7.07. The first-order valence-corrected chi connectivity index (χ1v) is 12.8. The van der Waals surface area contributed by atoms with Crippen molar-refractivity contribution in [2.75, 3.05) is 13.7 Å². The Balaban J connectivity index is 1.69. The molecule has 1 aliphatic heterocycles. The van der Waals surface area contributed by atoms with Crippen LogP contribution in [0, 0.1) is 6.92 Å². The monoisotopic (exact) mass is 563 g/mol. The van der Waals surface area contributed by atoms with E-state index in [4.69, 9.17) is 26.8 Å². The minimum atomic E-state index is -0.804. The minimum absolute atomic E-state index is 0.136. The van der Waals surface area contributed by atoms with Crippen LogP contribution in [0.15, 0.2) is 45.8 Å². The molecule has 9 heteroatoms. The second kappa shape index (κ2) is 12.4. The molecule has 0 spiro atoms. The Hall–Kier alpha value is -2.36. The SMILES string of the molecule is COc1cc(/C=C2/SC(=S)N(CCCCCC(=O)O)C2=O)cc(Br)c1OCc1cccc(C)c1. The van der Waals surface area contributed by atoms with Crippen LogP contribution in [0.3, 0.4) is 0 Å². The minimum Gasteiger partial charge on any atom is -0.493 e. The smallest absolute Gasteiger partial charge is 0.303 e. The molecule has 6 nitrogen and oxygen atoms in total. The second-order valence-electron chi connectivity index (χ2n) is 7.85. The number of thioether (sulfide) groups is 1. The summed E-state index contributed by atoms with van der Waals surface area (Å²) >= 11 is 10.2. The number of aryl methyl sites for hydroxylation is 1. The van der Waals surface area contributed by atoms with Crippen LogP contribution in [0.1, 0.15) is 42.4 Å². The average Bonchev–Trinajstić information content (AvgIpc) is 3.04. The van der Waals surface area contributed by atoms with E-state index in [1.807, 2.05) is 37.3 Å². The van der Waals surface area contributed by atoms with Gasteiger partial charge in [0.05, 0.1) is 16.5 Å². The molecule has 1 aliphatic rings. The Morgan fingerprint density at radius 2 is 2.03 bits per heavy atom. The topological polar surface area (TPSA) is 76.1 Å². The molecule has 1 heterocycles. The lowest BCUT2D eigenvalue weighted by molar-refractivity contribution is -0.137. The van der Waals surface area contributed by atoms with Crippen molar-refractivity contribution in [3.63, 3.8) is 0 Å². The van der Waals surface area contributed by atoms with Gasteiger partial charge in [0.25, 0.3) is 5.91 Å². The summed E-state index contributed by atoms with van der Waals surface area (Å²) in [5.74, 6) is 0.210. The van der Waals surface area contributed by atoms with E-state index in [1.54, 1.807) is 18.1 Å². The molecule has 180 valence electrons. The Labute approximate surface area is 217 Å². The maximum Gasteiger partial charge on any atom is 0.303 e. The molecule has 0 bridgehead atoms. The lowest BCUT2D eigenvalue weighted by Gasteiger charge is -2.14. The predicted octanol–water partition coefficient (Wildman–Crippen LogP) is 6.19. The van der Waals surface area contributed by atoms with E-state index in [0.29, 0.717) is 46.7 Å². The lowest BCUT2D eigenvalue weighted by Crippen LogP contribution is -2.29. The fraction of sp³-hybridized carbons (Fsp3) is 0.320. The number of unbranched alkanes of at least 4 members (excludes halogenated alkanes) is 2. The molecule has 3 rings (SSSR count). The highest BCUT2D eigenvalue weighted by Crippen LogP contribution is 2.39. The fourth-order valence-corrected chi connectivity index (χ4v) is 5.37. The number of carbonyl (C=O) groups excluding carboxylic acids is 1. The van der Waals surface area contributed by atoms with Crippen molar-refractivity contribution < 1.29 is 24.2 Å². The number of ether oxygens (including phenoxy) is 2. The number of thiocarbonyl (C=S) groups is 1. The Bertz CT molecular complexity index is 1120. The van der Waals surface area contributed by atoms with Gasteiger partial charge in [0.1, 0.15) is 10.9 Å². The van der Waals surface area contributed by atoms with Gasteiger partial charge < -0.3 is 14.6 Å². The summed E-state index contributed by atoms with van der Waals surface area (Å²) in [6.45, 7) is 2.93. The van der Waals surface area contributed by atoms with E-state index in [-0.39, 0.29) is 12.3 Å². The number of carboxylic acids is 1. The van der Waals surface area contributed by atoms with Crippen molar-refractivity contribution in [1.29, 1.82) is 0 Å². The number of hydrogen-bond donors (Lipinski definition) is 1. The van der Waals surface area contributed by atoms with Gasteiger partial charge in [-0.25, -0.2) is 0 Å². The first kappa shape index (κ1) is 26.2. The Morgan fingerprint density at radius 1 is 1.24 bits per heavy atom. The molecular weight excluding hydrogens is 538 g/mol. The largest absolute Gasteiger partial charge is 0.493 e. The van der Waals surface area contributed by atoms with Gasteiger partial charge >= 0.3 is 5.97 Å². The van der Waals surface area contributed by atoms with Gasteiger partial charge in [0, 0.05) is 13.0 Å². The maximum absolute atomic E-state index is 12.9. The molecular formula is C25H26BrNO5S2. The van der Waals surface area contributed by atoms with E-state index in [2.05, 4.69) is 22.0 Å². The molecule has 0 radical (unpaired) electrons. The molecule has 1 saturated heterocycles. The number of hydrogen-bond acceptors (Lipinski definition) is 6. The van der Waals surface area contributed by atoms with Crippen molar-refractivity contribution >= 4 is 62.2 Å². The number of carboxylic acid groups (broad SMARTS) is 1. The van der Waals surface area contributed by atoms with Crippen LogP contribution >= 0.6 is 39.9 Å². The standard InChI is InChI=1S/C25H26BrNO5S2/c1-16-7-6-8-17(11-16)15-32-23-19(26)12-18(13-20(23)31-2)14-21-24(30)27(25(33)34-21)10-5-3-4-9-22(28)29/h6-8,11-14H,3-5,9-10,15H2,1-2H3,(H,28,29)/b21-14+. The number of methoxy groups -OCH3 is 1. The molecule has 1 fully saturated rings. The van der Waals surface area contributed by atoms with E-state index in [1.165, 1.54) is 17.3 Å². The van der Waals surface area contributed by atoms with E-state index in [0.717, 1.165) is 22.0 Å². The summed E-state index contributed by atoms with van der Waals surface area (Å²) in [6.07, 6.45) is 3.96. The zero-order valence-corrected chi connectivity index (χ0v) is 22.2. The Kier molecular flexibility index (Phi) is 9.55. The second-order valence-corrected chi connectivity index (χ2v) is 10.4. The summed E-state index contributed by atoms with van der Waals surface area (Å²) in [7, 11) is 1.58. The van der Waals surface area contributed by atoms with E-state index in [9.17, 15) is 9.59 Å². The molecule has 2 aromatic rings. The van der Waals surface area contributed by atoms with Gasteiger partial charge in [0.15, 0.2) is 11.5 Å². The van der Waals surface area contributed by atoms with E-state index < -0.39 is 5.97 Å². The van der Waals surface area contributed by atoms with Crippen molar-refractivity contribution in [3.8, 4) is 11.5 Å². The molecule has 1 N–H and O–H groups in total. The van der Waals surface area contributed by atoms with Crippen LogP contribution in [0.2, 0.25) is 0 Å². The number of amides is 1. The molecule has 2 aromatic carbocycles. The average molecular weight is 565 g/mol. The normalized spacial score (nSPS) is 14.7. The van der Waals surface area contributed by atoms with Crippen molar-refractivity contribution in [3.05, 3.63) is 62.5 Å². The van der Waals surface area contributed by atoms with Crippen LogP contribution in [0.5, 0.6) is 11.5 Å². The molecule has 0 unspecified atom stereocenters. The maximum atomic E-state index is 12.9. The fourth-order valence-electron chi connectivity index (χ4n) is 3.49. The zero-order valence-electron chi connectivity index (χ0n) is 19.0. The Morgan fingerprint density at radius 3 is 2.74 bits per heavy atom. The van der Waals surface area contributed by atoms with Crippen LogP contribution in [0.25, 0.3) is 6.08 Å². The first-order valence-electron chi connectivity index (χ1n) is 10.8. The molecule has 0 aliphatic carbocycles. The highest BCUT2D eigenvalue weighted by atomic mass is 79.9. The molecule has 0 saturated carbocycles. The quantitative estimate of drug-likeness (QED) is 0.198.